The van der Waals surface area contributed by atoms with Crippen LogP contribution in [0, 0.1) is 10.1 Å². The van der Waals surface area contributed by atoms with Crippen LogP contribution in [0.15, 0.2) is 12.4 Å². The van der Waals surface area contributed by atoms with Gasteiger partial charge in [0.15, 0.2) is 0 Å². The summed E-state index contributed by atoms with van der Waals surface area (Å²) in [5, 5.41) is 10.4. The molecule has 0 spiro atoms. The monoisotopic (exact) mass is 154 g/mol. The number of aromatic amines is 1. The van der Waals surface area contributed by atoms with E-state index < -0.39 is 0 Å². The molecule has 0 aliphatic heterocycles. The van der Waals surface area contributed by atoms with Crippen molar-refractivity contribution in [2.75, 3.05) is 0 Å². The smallest absolute Gasteiger partial charge is 0.290 e. The van der Waals surface area contributed by atoms with Gasteiger partial charge in [0.2, 0.25) is 0 Å². The molecule has 0 atom stereocenters. The lowest BCUT2D eigenvalue weighted by Gasteiger charge is -1.98. The molecule has 0 saturated heterocycles. The molecule has 0 aliphatic rings. The second kappa shape index (κ2) is 2.74. The van der Waals surface area contributed by atoms with Gasteiger partial charge in [-0.05, 0) is 5.92 Å². The fourth-order valence-electron chi connectivity index (χ4n) is 0.988. The van der Waals surface area contributed by atoms with E-state index in [1.807, 2.05) is 13.8 Å². The van der Waals surface area contributed by atoms with Gasteiger partial charge in [-0.3, -0.25) is 10.1 Å². The third-order valence-electron chi connectivity index (χ3n) is 1.57. The van der Waals surface area contributed by atoms with Crippen molar-refractivity contribution >= 4 is 5.69 Å². The molecule has 4 heteroatoms. The van der Waals surface area contributed by atoms with E-state index in [4.69, 9.17) is 0 Å². The molecule has 0 fully saturated rings. The van der Waals surface area contributed by atoms with E-state index in [-0.39, 0.29) is 16.5 Å². The molecule has 1 N–H and O–H groups in total. The lowest BCUT2D eigenvalue weighted by molar-refractivity contribution is -0.385. The van der Waals surface area contributed by atoms with Crippen molar-refractivity contribution in [2.45, 2.75) is 19.8 Å². The third-order valence-corrected chi connectivity index (χ3v) is 1.57. The molecule has 0 saturated carbocycles. The molecule has 0 bridgehead atoms. The zero-order chi connectivity index (χ0) is 8.43. The maximum Gasteiger partial charge on any atom is 0.290 e. The fraction of sp³-hybridized carbons (Fsp3) is 0.429. The van der Waals surface area contributed by atoms with Crippen molar-refractivity contribution in [3.8, 4) is 0 Å². The summed E-state index contributed by atoms with van der Waals surface area (Å²) in [5.74, 6) is 0.196. The van der Waals surface area contributed by atoms with Crippen molar-refractivity contribution < 1.29 is 4.92 Å². The largest absolute Gasteiger partial charge is 0.362 e. The number of hydrogen-bond donors (Lipinski definition) is 1. The van der Waals surface area contributed by atoms with Crippen LogP contribution in [-0.4, -0.2) is 9.91 Å². The quantitative estimate of drug-likeness (QED) is 0.523. The summed E-state index contributed by atoms with van der Waals surface area (Å²) in [7, 11) is 0. The highest BCUT2D eigenvalue weighted by Gasteiger charge is 2.16. The molecule has 1 rings (SSSR count). The first kappa shape index (κ1) is 7.78. The van der Waals surface area contributed by atoms with Gasteiger partial charge < -0.3 is 4.98 Å². The van der Waals surface area contributed by atoms with Crippen LogP contribution in [0.1, 0.15) is 25.3 Å². The lowest BCUT2D eigenvalue weighted by Crippen LogP contribution is -1.92. The molecule has 0 aromatic carbocycles. The second-order valence-electron chi connectivity index (χ2n) is 2.71. The number of rotatable bonds is 2. The predicted octanol–water partition coefficient (Wildman–Crippen LogP) is 2.05. The number of nitrogens with zero attached hydrogens (tertiary/aromatic N) is 1. The van der Waals surface area contributed by atoms with Crippen LogP contribution in [0.25, 0.3) is 0 Å². The van der Waals surface area contributed by atoms with Gasteiger partial charge in [0.05, 0.1) is 11.1 Å². The maximum atomic E-state index is 10.4. The van der Waals surface area contributed by atoms with E-state index in [1.54, 1.807) is 6.20 Å². The standard InChI is InChI=1S/C7H10N2O2/c1-5(2)6-3-8-4-7(6)9(10)11/h3-5,8H,1-2H3. The fourth-order valence-corrected chi connectivity index (χ4v) is 0.988. The summed E-state index contributed by atoms with van der Waals surface area (Å²) in [4.78, 5) is 12.7. The first-order valence-electron chi connectivity index (χ1n) is 3.44. The zero-order valence-corrected chi connectivity index (χ0v) is 6.50. The Bertz CT molecular complexity index is 265. The van der Waals surface area contributed by atoms with Gasteiger partial charge in [0, 0.05) is 11.8 Å². The molecule has 4 nitrogen and oxygen atoms in total. The van der Waals surface area contributed by atoms with Crippen molar-refractivity contribution in [1.29, 1.82) is 0 Å². The number of nitro groups is 1. The minimum atomic E-state index is -0.369. The summed E-state index contributed by atoms with van der Waals surface area (Å²) in [6, 6.07) is 0. The van der Waals surface area contributed by atoms with Crippen molar-refractivity contribution in [2.24, 2.45) is 0 Å². The highest BCUT2D eigenvalue weighted by Crippen LogP contribution is 2.24. The molecular formula is C7H10N2O2. The minimum absolute atomic E-state index is 0.181. The highest BCUT2D eigenvalue weighted by atomic mass is 16.6. The average molecular weight is 154 g/mol. The minimum Gasteiger partial charge on any atom is -0.362 e. The zero-order valence-electron chi connectivity index (χ0n) is 6.50. The summed E-state index contributed by atoms with van der Waals surface area (Å²) in [6.07, 6.45) is 3.08. The Morgan fingerprint density at radius 1 is 1.55 bits per heavy atom. The van der Waals surface area contributed by atoms with Gasteiger partial charge in [-0.2, -0.15) is 0 Å². The summed E-state index contributed by atoms with van der Waals surface area (Å²) in [5.41, 5.74) is 0.940. The van der Waals surface area contributed by atoms with E-state index >= 15 is 0 Å². The van der Waals surface area contributed by atoms with Crippen LogP contribution in [0.2, 0.25) is 0 Å². The normalized spacial score (nSPS) is 10.5. The Kier molecular flexibility index (Phi) is 1.94. The van der Waals surface area contributed by atoms with Crippen molar-refractivity contribution in [1.82, 2.24) is 4.98 Å². The molecule has 1 aromatic heterocycles. The average Bonchev–Trinajstić information content (AvgIpc) is 2.32. The van der Waals surface area contributed by atoms with Gasteiger partial charge in [-0.25, -0.2) is 0 Å². The van der Waals surface area contributed by atoms with Crippen LogP contribution >= 0.6 is 0 Å². The summed E-state index contributed by atoms with van der Waals surface area (Å²) < 4.78 is 0. The topological polar surface area (TPSA) is 58.9 Å². The van der Waals surface area contributed by atoms with Gasteiger partial charge in [0.25, 0.3) is 5.69 Å². The van der Waals surface area contributed by atoms with Gasteiger partial charge in [-0.1, -0.05) is 13.8 Å². The Hall–Kier alpha value is -1.32. The molecular weight excluding hydrogens is 144 g/mol. The Morgan fingerprint density at radius 2 is 2.18 bits per heavy atom. The SMILES string of the molecule is CC(C)c1c[nH]cc1[N+](=O)[O-]. The predicted molar refractivity (Wildman–Crippen MR) is 41.5 cm³/mol. The van der Waals surface area contributed by atoms with Crippen molar-refractivity contribution in [3.05, 3.63) is 28.1 Å². The Morgan fingerprint density at radius 3 is 2.55 bits per heavy atom. The van der Waals surface area contributed by atoms with Gasteiger partial charge >= 0.3 is 0 Å². The first-order chi connectivity index (χ1) is 5.13. The van der Waals surface area contributed by atoms with Crippen molar-refractivity contribution in [3.63, 3.8) is 0 Å². The van der Waals surface area contributed by atoms with Crippen LogP contribution in [0.5, 0.6) is 0 Å². The van der Waals surface area contributed by atoms with Crippen LogP contribution in [0.4, 0.5) is 5.69 Å². The van der Waals surface area contributed by atoms with E-state index in [1.165, 1.54) is 6.20 Å². The lowest BCUT2D eigenvalue weighted by atomic mass is 10.1. The van der Waals surface area contributed by atoms with E-state index in [0.29, 0.717) is 0 Å². The molecule has 0 unspecified atom stereocenters. The first-order valence-corrected chi connectivity index (χ1v) is 3.44. The Labute approximate surface area is 64.4 Å². The molecule has 1 aromatic rings. The van der Waals surface area contributed by atoms with E-state index in [9.17, 15) is 10.1 Å². The van der Waals surface area contributed by atoms with E-state index in [2.05, 4.69) is 4.98 Å². The van der Waals surface area contributed by atoms with Crippen LogP contribution in [0.3, 0.4) is 0 Å². The number of nitrogens with one attached hydrogen (secondary N) is 1. The van der Waals surface area contributed by atoms with Gasteiger partial charge in [-0.15, -0.1) is 0 Å². The number of aromatic nitrogens is 1. The maximum absolute atomic E-state index is 10.4. The Balaban J connectivity index is 3.06. The molecule has 0 aliphatic carbocycles. The van der Waals surface area contributed by atoms with Crippen LogP contribution < -0.4 is 0 Å². The number of hydrogen-bond acceptors (Lipinski definition) is 2. The molecule has 11 heavy (non-hydrogen) atoms. The van der Waals surface area contributed by atoms with Gasteiger partial charge in [0.1, 0.15) is 0 Å². The molecule has 0 amide bonds. The molecule has 0 radical (unpaired) electrons. The van der Waals surface area contributed by atoms with Crippen LogP contribution in [-0.2, 0) is 0 Å². The highest BCUT2D eigenvalue weighted by molar-refractivity contribution is 5.39. The van der Waals surface area contributed by atoms with E-state index in [0.717, 1.165) is 5.56 Å². The summed E-state index contributed by atoms with van der Waals surface area (Å²) in [6.45, 7) is 3.85. The third kappa shape index (κ3) is 1.39. The number of H-pyrrole nitrogens is 1. The summed E-state index contributed by atoms with van der Waals surface area (Å²) >= 11 is 0. The molecule has 60 valence electrons. The second-order valence-corrected chi connectivity index (χ2v) is 2.71. The molecule has 1 heterocycles.